The molecule has 2 rings (SSSR count). The van der Waals surface area contributed by atoms with Crippen LogP contribution in [-0.2, 0) is 11.3 Å². The molecule has 0 bridgehead atoms. The molecule has 5 nitrogen and oxygen atoms in total. The van der Waals surface area contributed by atoms with Crippen LogP contribution in [-0.4, -0.2) is 32.4 Å². The summed E-state index contributed by atoms with van der Waals surface area (Å²) in [7, 11) is 3.31. The highest BCUT2D eigenvalue weighted by atomic mass is 16.5. The zero-order chi connectivity index (χ0) is 12.1. The average molecular weight is 236 g/mol. The fraction of sp³-hybridized carbons (Fsp3) is 0.417. The molecule has 0 spiro atoms. The monoisotopic (exact) mass is 236 g/mol. The van der Waals surface area contributed by atoms with Gasteiger partial charge in [0, 0.05) is 19.7 Å². The van der Waals surface area contributed by atoms with Gasteiger partial charge in [0.15, 0.2) is 5.58 Å². The van der Waals surface area contributed by atoms with E-state index in [1.807, 2.05) is 18.2 Å². The van der Waals surface area contributed by atoms with Gasteiger partial charge < -0.3 is 19.2 Å². The summed E-state index contributed by atoms with van der Waals surface area (Å²) in [5.74, 6) is 1.45. The Morgan fingerprint density at radius 2 is 2.24 bits per heavy atom. The van der Waals surface area contributed by atoms with Gasteiger partial charge in [-0.2, -0.15) is 0 Å². The van der Waals surface area contributed by atoms with Crippen LogP contribution >= 0.6 is 0 Å². The minimum Gasteiger partial charge on any atom is -0.497 e. The maximum atomic E-state index is 5.58. The summed E-state index contributed by atoms with van der Waals surface area (Å²) in [6, 6.07) is 5.58. The van der Waals surface area contributed by atoms with Crippen molar-refractivity contribution in [1.82, 2.24) is 10.3 Å². The highest BCUT2D eigenvalue weighted by Crippen LogP contribution is 2.20. The third kappa shape index (κ3) is 2.95. The van der Waals surface area contributed by atoms with Gasteiger partial charge in [-0.3, -0.25) is 0 Å². The Morgan fingerprint density at radius 3 is 3.00 bits per heavy atom. The minimum absolute atomic E-state index is 0.598. The molecule has 2 aromatic rings. The van der Waals surface area contributed by atoms with E-state index < -0.39 is 0 Å². The van der Waals surface area contributed by atoms with Gasteiger partial charge in [-0.05, 0) is 12.1 Å². The number of aromatic nitrogens is 1. The SMILES string of the molecule is COCCNCc1nc2cc(OC)ccc2o1. The molecule has 0 atom stereocenters. The number of hydrogen-bond donors (Lipinski definition) is 1. The molecule has 0 aliphatic rings. The first-order valence-corrected chi connectivity index (χ1v) is 5.46. The van der Waals surface area contributed by atoms with Crippen LogP contribution in [0.3, 0.4) is 0 Å². The van der Waals surface area contributed by atoms with E-state index in [0.29, 0.717) is 19.0 Å². The summed E-state index contributed by atoms with van der Waals surface area (Å²) < 4.78 is 15.6. The summed E-state index contributed by atoms with van der Waals surface area (Å²) in [6.45, 7) is 2.05. The van der Waals surface area contributed by atoms with Crippen LogP contribution in [0, 0.1) is 0 Å². The lowest BCUT2D eigenvalue weighted by atomic mass is 10.3. The molecule has 0 amide bonds. The van der Waals surface area contributed by atoms with Gasteiger partial charge in [0.25, 0.3) is 0 Å². The van der Waals surface area contributed by atoms with Crippen LogP contribution in [0.2, 0.25) is 0 Å². The maximum Gasteiger partial charge on any atom is 0.209 e. The van der Waals surface area contributed by atoms with Crippen molar-refractivity contribution < 1.29 is 13.9 Å². The number of ether oxygens (including phenoxy) is 2. The zero-order valence-corrected chi connectivity index (χ0v) is 10.0. The molecule has 0 saturated carbocycles. The topological polar surface area (TPSA) is 56.5 Å². The quantitative estimate of drug-likeness (QED) is 0.771. The first-order chi connectivity index (χ1) is 8.33. The third-order valence-corrected chi connectivity index (χ3v) is 2.40. The van der Waals surface area contributed by atoms with E-state index in [1.54, 1.807) is 14.2 Å². The van der Waals surface area contributed by atoms with Crippen molar-refractivity contribution in [3.8, 4) is 5.75 Å². The molecule has 0 fully saturated rings. The Morgan fingerprint density at radius 1 is 1.35 bits per heavy atom. The summed E-state index contributed by atoms with van der Waals surface area (Å²) in [6.07, 6.45) is 0. The van der Waals surface area contributed by atoms with Crippen molar-refractivity contribution >= 4 is 11.1 Å². The molecule has 92 valence electrons. The number of rotatable bonds is 6. The molecule has 5 heteroatoms. The molecule has 0 saturated heterocycles. The summed E-state index contributed by atoms with van der Waals surface area (Å²) in [4.78, 5) is 4.37. The standard InChI is InChI=1S/C12H16N2O3/c1-15-6-5-13-8-12-14-10-7-9(16-2)3-4-11(10)17-12/h3-4,7,13H,5-6,8H2,1-2H3. The number of fused-ring (bicyclic) bond motifs is 1. The molecule has 1 N–H and O–H groups in total. The van der Waals surface area contributed by atoms with Gasteiger partial charge in [-0.1, -0.05) is 0 Å². The summed E-state index contributed by atoms with van der Waals surface area (Å²) in [5, 5.41) is 3.18. The predicted molar refractivity (Wildman–Crippen MR) is 64.1 cm³/mol. The molecule has 0 radical (unpaired) electrons. The van der Waals surface area contributed by atoms with Crippen molar-refractivity contribution in [2.24, 2.45) is 0 Å². The Hall–Kier alpha value is -1.59. The zero-order valence-electron chi connectivity index (χ0n) is 10.0. The molecule has 0 aliphatic carbocycles. The van der Waals surface area contributed by atoms with E-state index in [-0.39, 0.29) is 0 Å². The van der Waals surface area contributed by atoms with Gasteiger partial charge in [0.2, 0.25) is 5.89 Å². The molecule has 1 aromatic carbocycles. The molecule has 17 heavy (non-hydrogen) atoms. The van der Waals surface area contributed by atoms with Crippen LogP contribution in [0.1, 0.15) is 5.89 Å². The predicted octanol–water partition coefficient (Wildman–Crippen LogP) is 1.57. The molecular formula is C12H16N2O3. The van der Waals surface area contributed by atoms with Crippen molar-refractivity contribution in [2.45, 2.75) is 6.54 Å². The van der Waals surface area contributed by atoms with Gasteiger partial charge in [-0.25, -0.2) is 4.98 Å². The number of oxazole rings is 1. The Labute approximate surface area is 99.7 Å². The molecular weight excluding hydrogens is 220 g/mol. The normalized spacial score (nSPS) is 10.9. The van der Waals surface area contributed by atoms with Gasteiger partial charge in [0.05, 0.1) is 20.3 Å². The molecule has 0 aliphatic heterocycles. The second kappa shape index (κ2) is 5.65. The van der Waals surface area contributed by atoms with Crippen LogP contribution in [0.5, 0.6) is 5.75 Å². The first-order valence-electron chi connectivity index (χ1n) is 5.46. The smallest absolute Gasteiger partial charge is 0.209 e. The Balaban J connectivity index is 2.04. The maximum absolute atomic E-state index is 5.58. The highest BCUT2D eigenvalue weighted by Gasteiger charge is 2.06. The van der Waals surface area contributed by atoms with E-state index >= 15 is 0 Å². The van der Waals surface area contributed by atoms with Crippen LogP contribution in [0.4, 0.5) is 0 Å². The lowest BCUT2D eigenvalue weighted by Crippen LogP contribution is -2.18. The van der Waals surface area contributed by atoms with E-state index in [1.165, 1.54) is 0 Å². The fourth-order valence-corrected chi connectivity index (χ4v) is 1.53. The van der Waals surface area contributed by atoms with Crippen LogP contribution < -0.4 is 10.1 Å². The van der Waals surface area contributed by atoms with E-state index in [9.17, 15) is 0 Å². The fourth-order valence-electron chi connectivity index (χ4n) is 1.53. The van der Waals surface area contributed by atoms with Gasteiger partial charge in [0.1, 0.15) is 11.3 Å². The average Bonchev–Trinajstić information content (AvgIpc) is 2.76. The third-order valence-electron chi connectivity index (χ3n) is 2.40. The molecule has 1 aromatic heterocycles. The molecule has 1 heterocycles. The van der Waals surface area contributed by atoms with Crippen molar-refractivity contribution in [3.05, 3.63) is 24.1 Å². The Bertz CT molecular complexity index is 482. The van der Waals surface area contributed by atoms with Crippen LogP contribution in [0.15, 0.2) is 22.6 Å². The van der Waals surface area contributed by atoms with E-state index in [2.05, 4.69) is 10.3 Å². The van der Waals surface area contributed by atoms with Gasteiger partial charge >= 0.3 is 0 Å². The first kappa shape index (κ1) is 11.9. The second-order valence-corrected chi connectivity index (χ2v) is 3.61. The number of hydrogen-bond acceptors (Lipinski definition) is 5. The summed E-state index contributed by atoms with van der Waals surface area (Å²) in [5.41, 5.74) is 1.59. The second-order valence-electron chi connectivity index (χ2n) is 3.61. The largest absolute Gasteiger partial charge is 0.497 e. The van der Waals surface area contributed by atoms with E-state index in [0.717, 1.165) is 23.4 Å². The Kier molecular flexibility index (Phi) is 3.95. The number of nitrogens with one attached hydrogen (secondary N) is 1. The van der Waals surface area contributed by atoms with Crippen molar-refractivity contribution in [2.75, 3.05) is 27.4 Å². The van der Waals surface area contributed by atoms with Crippen molar-refractivity contribution in [1.29, 1.82) is 0 Å². The van der Waals surface area contributed by atoms with Crippen LogP contribution in [0.25, 0.3) is 11.1 Å². The summed E-state index contributed by atoms with van der Waals surface area (Å²) >= 11 is 0. The number of nitrogens with zero attached hydrogens (tertiary/aromatic N) is 1. The minimum atomic E-state index is 0.598. The number of methoxy groups -OCH3 is 2. The van der Waals surface area contributed by atoms with Crippen molar-refractivity contribution in [3.63, 3.8) is 0 Å². The lowest BCUT2D eigenvalue weighted by Gasteiger charge is -1.99. The number of benzene rings is 1. The lowest BCUT2D eigenvalue weighted by molar-refractivity contribution is 0.198. The van der Waals surface area contributed by atoms with E-state index in [4.69, 9.17) is 13.9 Å². The molecule has 0 unspecified atom stereocenters. The van der Waals surface area contributed by atoms with Gasteiger partial charge in [-0.15, -0.1) is 0 Å². The highest BCUT2D eigenvalue weighted by molar-refractivity contribution is 5.74.